The molecule has 6 nitrogen and oxygen atoms in total. The van der Waals surface area contributed by atoms with Crippen LogP contribution < -0.4 is 5.56 Å². The third kappa shape index (κ3) is 2.98. The maximum atomic E-state index is 12.0. The Morgan fingerprint density at radius 1 is 1.50 bits per heavy atom. The predicted molar refractivity (Wildman–Crippen MR) is 83.2 cm³/mol. The summed E-state index contributed by atoms with van der Waals surface area (Å²) in [7, 11) is 0. The fourth-order valence-electron chi connectivity index (χ4n) is 1.69. The minimum absolute atomic E-state index is 0.0800. The molecule has 0 saturated heterocycles. The van der Waals surface area contributed by atoms with Crippen LogP contribution in [0.5, 0.6) is 0 Å². The molecule has 0 saturated carbocycles. The lowest BCUT2D eigenvalue weighted by Gasteiger charge is -2.10. The molecule has 1 aromatic carbocycles. The van der Waals surface area contributed by atoms with E-state index in [1.165, 1.54) is 22.9 Å². The van der Waals surface area contributed by atoms with Crippen molar-refractivity contribution in [1.82, 2.24) is 9.55 Å². The lowest BCUT2D eigenvalue weighted by atomic mass is 10.2. The number of non-ortho nitro benzene ring substituents is 1. The summed E-state index contributed by atoms with van der Waals surface area (Å²) in [4.78, 5) is 26.3. The van der Waals surface area contributed by atoms with Crippen molar-refractivity contribution in [2.24, 2.45) is 0 Å². The third-order valence-electron chi connectivity index (χ3n) is 2.78. The second-order valence-electron chi connectivity index (χ2n) is 4.08. The maximum absolute atomic E-state index is 12.0. The molecule has 0 atom stereocenters. The maximum Gasteiger partial charge on any atom is 0.270 e. The molecule has 0 fully saturated rings. The topological polar surface area (TPSA) is 78.0 Å². The Morgan fingerprint density at radius 3 is 2.80 bits per heavy atom. The van der Waals surface area contributed by atoms with Crippen LogP contribution in [0.1, 0.15) is 11.4 Å². The van der Waals surface area contributed by atoms with Gasteiger partial charge in [-0.05, 0) is 41.1 Å². The Labute approximate surface area is 132 Å². The normalized spacial score (nSPS) is 10.6. The number of hydrogen-bond acceptors (Lipinski definition) is 4. The number of halogens is 2. The van der Waals surface area contributed by atoms with Gasteiger partial charge in [-0.2, -0.15) is 0 Å². The van der Waals surface area contributed by atoms with E-state index in [2.05, 4.69) is 4.98 Å². The quantitative estimate of drug-likeness (QED) is 0.447. The minimum Gasteiger partial charge on any atom is -0.291 e. The van der Waals surface area contributed by atoms with E-state index in [9.17, 15) is 14.9 Å². The summed E-state index contributed by atoms with van der Waals surface area (Å²) in [6, 6.07) is 4.19. The van der Waals surface area contributed by atoms with Gasteiger partial charge in [0.05, 0.1) is 20.1 Å². The van der Waals surface area contributed by atoms with E-state index in [0.717, 1.165) is 0 Å². The molecule has 2 aromatic rings. The van der Waals surface area contributed by atoms with Gasteiger partial charge in [0.2, 0.25) is 0 Å². The molecule has 0 aliphatic carbocycles. The van der Waals surface area contributed by atoms with Crippen LogP contribution in [0, 0.1) is 20.6 Å². The van der Waals surface area contributed by atoms with Crippen molar-refractivity contribution in [1.29, 1.82) is 0 Å². The van der Waals surface area contributed by atoms with E-state index < -0.39 is 4.92 Å². The molecule has 20 heavy (non-hydrogen) atoms. The largest absolute Gasteiger partial charge is 0.291 e. The van der Waals surface area contributed by atoms with Crippen molar-refractivity contribution in [2.45, 2.75) is 13.5 Å². The van der Waals surface area contributed by atoms with Crippen LogP contribution in [-0.2, 0) is 6.54 Å². The van der Waals surface area contributed by atoms with Crippen LogP contribution >= 0.6 is 34.2 Å². The number of nitro benzene ring substituents is 1. The summed E-state index contributed by atoms with van der Waals surface area (Å²) in [6.45, 7) is 1.95. The molecule has 8 heteroatoms. The summed E-state index contributed by atoms with van der Waals surface area (Å²) in [5.74, 6) is 0.560. The van der Waals surface area contributed by atoms with Crippen molar-refractivity contribution < 1.29 is 4.92 Å². The molecular formula is C12H9ClIN3O3. The zero-order valence-corrected chi connectivity index (χ0v) is 13.3. The highest BCUT2D eigenvalue weighted by molar-refractivity contribution is 14.1. The molecule has 1 heterocycles. The average Bonchev–Trinajstić information content (AvgIpc) is 2.40. The molecule has 1 aromatic heterocycles. The number of benzene rings is 1. The Hall–Kier alpha value is -1.48. The van der Waals surface area contributed by atoms with Gasteiger partial charge in [0, 0.05) is 18.3 Å². The van der Waals surface area contributed by atoms with E-state index >= 15 is 0 Å². The summed E-state index contributed by atoms with van der Waals surface area (Å²) in [6.07, 6.45) is 1.51. The third-order valence-corrected chi connectivity index (χ3v) is 3.87. The number of nitrogens with zero attached hydrogens (tertiary/aromatic N) is 3. The summed E-state index contributed by atoms with van der Waals surface area (Å²) in [5.41, 5.74) is 0.391. The van der Waals surface area contributed by atoms with Crippen LogP contribution in [0.2, 0.25) is 5.02 Å². The van der Waals surface area contributed by atoms with Gasteiger partial charge in [-0.3, -0.25) is 19.5 Å². The first-order valence-electron chi connectivity index (χ1n) is 5.55. The SMILES string of the molecule is Cc1ncc(I)c(=O)n1Cc1ccc([N+](=O)[O-])cc1Cl. The second-order valence-corrected chi connectivity index (χ2v) is 5.65. The standard InChI is InChI=1S/C12H9ClIN3O3/c1-7-15-5-11(14)12(18)16(7)6-8-2-3-9(17(19)20)4-10(8)13/h2-5H,6H2,1H3. The van der Waals surface area contributed by atoms with Crippen LogP contribution in [0.3, 0.4) is 0 Å². The molecule has 0 aliphatic rings. The molecule has 0 bridgehead atoms. The molecule has 0 radical (unpaired) electrons. The zero-order chi connectivity index (χ0) is 14.9. The van der Waals surface area contributed by atoms with Gasteiger partial charge in [0.15, 0.2) is 0 Å². The smallest absolute Gasteiger partial charge is 0.270 e. The van der Waals surface area contributed by atoms with Crippen molar-refractivity contribution in [2.75, 3.05) is 0 Å². The first-order chi connectivity index (χ1) is 9.40. The molecule has 104 valence electrons. The lowest BCUT2D eigenvalue weighted by molar-refractivity contribution is -0.384. The predicted octanol–water partition coefficient (Wildman–Crippen LogP) is 2.77. The van der Waals surface area contributed by atoms with E-state index in [1.807, 2.05) is 22.6 Å². The number of hydrogen-bond donors (Lipinski definition) is 0. The van der Waals surface area contributed by atoms with Gasteiger partial charge in [-0.25, -0.2) is 4.98 Å². The van der Waals surface area contributed by atoms with Crippen LogP contribution in [0.4, 0.5) is 5.69 Å². The zero-order valence-electron chi connectivity index (χ0n) is 10.3. The Bertz CT molecular complexity index is 745. The first-order valence-corrected chi connectivity index (χ1v) is 7.00. The molecule has 0 unspecified atom stereocenters. The van der Waals surface area contributed by atoms with Gasteiger partial charge < -0.3 is 0 Å². The van der Waals surface area contributed by atoms with Gasteiger partial charge in [0.25, 0.3) is 11.2 Å². The number of aromatic nitrogens is 2. The number of rotatable bonds is 3. The van der Waals surface area contributed by atoms with Crippen LogP contribution in [0.25, 0.3) is 0 Å². The molecule has 0 N–H and O–H groups in total. The van der Waals surface area contributed by atoms with Gasteiger partial charge in [0.1, 0.15) is 5.82 Å². The minimum atomic E-state index is -0.514. The summed E-state index contributed by atoms with van der Waals surface area (Å²) >= 11 is 7.94. The summed E-state index contributed by atoms with van der Waals surface area (Å²) in [5, 5.41) is 10.9. The van der Waals surface area contributed by atoms with E-state index in [1.54, 1.807) is 13.0 Å². The van der Waals surface area contributed by atoms with E-state index in [-0.39, 0.29) is 22.8 Å². The van der Waals surface area contributed by atoms with E-state index in [0.29, 0.717) is 15.0 Å². The molecular weight excluding hydrogens is 397 g/mol. The molecule has 2 rings (SSSR count). The molecule has 0 spiro atoms. The highest BCUT2D eigenvalue weighted by Crippen LogP contribution is 2.23. The number of nitro groups is 1. The number of aryl methyl sites for hydroxylation is 1. The average molecular weight is 406 g/mol. The summed E-state index contributed by atoms with van der Waals surface area (Å²) < 4.78 is 1.99. The van der Waals surface area contributed by atoms with Crippen molar-refractivity contribution in [3.63, 3.8) is 0 Å². The molecule has 0 aliphatic heterocycles. The van der Waals surface area contributed by atoms with Crippen LogP contribution in [-0.4, -0.2) is 14.5 Å². The Morgan fingerprint density at radius 2 is 2.20 bits per heavy atom. The fourth-order valence-corrected chi connectivity index (χ4v) is 2.35. The fraction of sp³-hybridized carbons (Fsp3) is 0.167. The lowest BCUT2D eigenvalue weighted by Crippen LogP contribution is -2.26. The monoisotopic (exact) mass is 405 g/mol. The van der Waals surface area contributed by atoms with Crippen molar-refractivity contribution in [3.05, 3.63) is 64.8 Å². The Balaban J connectivity index is 2.43. The highest BCUT2D eigenvalue weighted by Gasteiger charge is 2.12. The van der Waals surface area contributed by atoms with Crippen molar-refractivity contribution in [3.8, 4) is 0 Å². The molecule has 0 amide bonds. The highest BCUT2D eigenvalue weighted by atomic mass is 127. The Kier molecular flexibility index (Phi) is 4.39. The second kappa shape index (κ2) is 5.88. The van der Waals surface area contributed by atoms with Crippen molar-refractivity contribution >= 4 is 39.9 Å². The van der Waals surface area contributed by atoms with Gasteiger partial charge in [-0.1, -0.05) is 11.6 Å². The van der Waals surface area contributed by atoms with Gasteiger partial charge >= 0.3 is 0 Å². The van der Waals surface area contributed by atoms with Crippen LogP contribution in [0.15, 0.2) is 29.2 Å². The van der Waals surface area contributed by atoms with E-state index in [4.69, 9.17) is 11.6 Å². The van der Waals surface area contributed by atoms with Gasteiger partial charge in [-0.15, -0.1) is 0 Å². The first kappa shape index (κ1) is 14.9.